The summed E-state index contributed by atoms with van der Waals surface area (Å²) in [7, 11) is 0. The molecule has 5 nitrogen and oxygen atoms in total. The molecule has 2 aromatic heterocycles. The minimum atomic E-state index is -4.45. The zero-order valence-corrected chi connectivity index (χ0v) is 15.1. The number of rotatable bonds is 4. The van der Waals surface area contributed by atoms with Gasteiger partial charge in [-0.05, 0) is 30.2 Å². The number of H-pyrrole nitrogens is 1. The summed E-state index contributed by atoms with van der Waals surface area (Å²) in [5, 5.41) is 0. The lowest BCUT2D eigenvalue weighted by Gasteiger charge is -2.34. The highest BCUT2D eigenvalue weighted by molar-refractivity contribution is 5.79. The summed E-state index contributed by atoms with van der Waals surface area (Å²) >= 11 is 0. The summed E-state index contributed by atoms with van der Waals surface area (Å²) in [5.41, 5.74) is 0.842. The van der Waals surface area contributed by atoms with Crippen molar-refractivity contribution in [3.8, 4) is 11.1 Å². The van der Waals surface area contributed by atoms with E-state index < -0.39 is 17.9 Å². The molecule has 0 spiro atoms. The number of likely N-dealkylation sites (tertiary alicyclic amines) is 1. The van der Waals surface area contributed by atoms with Crippen LogP contribution < -0.4 is 5.69 Å². The predicted molar refractivity (Wildman–Crippen MR) is 96.9 cm³/mol. The molecule has 1 aliphatic heterocycles. The monoisotopic (exact) mass is 394 g/mol. The Bertz CT molecular complexity index is 1080. The van der Waals surface area contributed by atoms with Gasteiger partial charge in [0.05, 0.1) is 11.1 Å². The van der Waals surface area contributed by atoms with Crippen LogP contribution in [0.5, 0.6) is 0 Å². The second kappa shape index (κ2) is 6.73. The van der Waals surface area contributed by atoms with E-state index >= 15 is 0 Å². The Balaban J connectivity index is 1.72. The SMILES string of the molecule is Cc1c(-c2cnc3[nH]c(=O)n(CCN4CC(F)C4)c3c2)cccc1C(F)(F)F. The summed E-state index contributed by atoms with van der Waals surface area (Å²) in [4.78, 5) is 21.0. The maximum Gasteiger partial charge on any atom is 0.416 e. The molecular weight excluding hydrogens is 376 g/mol. The molecule has 0 aliphatic carbocycles. The maximum absolute atomic E-state index is 13.2. The Morgan fingerprint density at radius 1 is 1.25 bits per heavy atom. The lowest BCUT2D eigenvalue weighted by Crippen LogP contribution is -2.49. The van der Waals surface area contributed by atoms with Crippen LogP contribution in [0.4, 0.5) is 17.6 Å². The van der Waals surface area contributed by atoms with Crippen LogP contribution in [0.2, 0.25) is 0 Å². The molecule has 0 bridgehead atoms. The molecular formula is C19H18F4N4O. The highest BCUT2D eigenvalue weighted by Gasteiger charge is 2.33. The zero-order chi connectivity index (χ0) is 20.1. The summed E-state index contributed by atoms with van der Waals surface area (Å²) < 4.78 is 54.1. The van der Waals surface area contributed by atoms with Gasteiger partial charge in [-0.1, -0.05) is 12.1 Å². The van der Waals surface area contributed by atoms with E-state index in [0.29, 0.717) is 48.5 Å². The van der Waals surface area contributed by atoms with Crippen LogP contribution in [0, 0.1) is 6.92 Å². The summed E-state index contributed by atoms with van der Waals surface area (Å²) in [6, 6.07) is 5.67. The molecule has 9 heteroatoms. The third-order valence-electron chi connectivity index (χ3n) is 5.13. The summed E-state index contributed by atoms with van der Waals surface area (Å²) in [5.74, 6) is 0. The van der Waals surface area contributed by atoms with E-state index in [4.69, 9.17) is 0 Å². The predicted octanol–water partition coefficient (Wildman–Crippen LogP) is 3.37. The van der Waals surface area contributed by atoms with Gasteiger partial charge in [-0.25, -0.2) is 14.2 Å². The number of alkyl halides is 4. The van der Waals surface area contributed by atoms with Crippen molar-refractivity contribution in [3.05, 3.63) is 52.1 Å². The number of hydrogen-bond donors (Lipinski definition) is 1. The summed E-state index contributed by atoms with van der Waals surface area (Å²) in [6.07, 6.45) is -3.81. The highest BCUT2D eigenvalue weighted by atomic mass is 19.4. The Hall–Kier alpha value is -2.68. The number of nitrogens with zero attached hydrogens (tertiary/aromatic N) is 3. The van der Waals surface area contributed by atoms with Crippen LogP contribution in [0.3, 0.4) is 0 Å². The van der Waals surface area contributed by atoms with Crippen molar-refractivity contribution in [2.75, 3.05) is 19.6 Å². The van der Waals surface area contributed by atoms with E-state index in [2.05, 4.69) is 9.97 Å². The van der Waals surface area contributed by atoms with Crippen LogP contribution in [-0.4, -0.2) is 45.2 Å². The molecule has 1 aliphatic rings. The molecule has 28 heavy (non-hydrogen) atoms. The van der Waals surface area contributed by atoms with E-state index in [0.717, 1.165) is 6.07 Å². The van der Waals surface area contributed by atoms with Gasteiger partial charge in [-0.3, -0.25) is 14.5 Å². The van der Waals surface area contributed by atoms with Crippen LogP contribution in [0.1, 0.15) is 11.1 Å². The number of aromatic amines is 1. The molecule has 3 heterocycles. The van der Waals surface area contributed by atoms with Crippen molar-refractivity contribution < 1.29 is 17.6 Å². The first-order valence-electron chi connectivity index (χ1n) is 8.86. The van der Waals surface area contributed by atoms with E-state index in [1.54, 1.807) is 12.1 Å². The molecule has 0 unspecified atom stereocenters. The lowest BCUT2D eigenvalue weighted by molar-refractivity contribution is -0.138. The van der Waals surface area contributed by atoms with Gasteiger partial charge in [0.1, 0.15) is 6.17 Å². The van der Waals surface area contributed by atoms with Gasteiger partial charge < -0.3 is 0 Å². The molecule has 148 valence electrons. The minimum absolute atomic E-state index is 0.107. The van der Waals surface area contributed by atoms with Gasteiger partial charge in [0.15, 0.2) is 5.65 Å². The standard InChI is InChI=1S/C19H18F4N4O/c1-11-14(3-2-4-15(11)19(21,22)23)12-7-16-17(24-8-12)25-18(28)27(16)6-5-26-9-13(20)10-26/h2-4,7-8,13H,5-6,9-10H2,1H3,(H,24,25,28). The van der Waals surface area contributed by atoms with E-state index in [1.165, 1.54) is 23.8 Å². The van der Waals surface area contributed by atoms with Gasteiger partial charge in [0.2, 0.25) is 0 Å². The number of pyridine rings is 1. The average molecular weight is 394 g/mol. The van der Waals surface area contributed by atoms with Gasteiger partial charge in [-0.15, -0.1) is 0 Å². The van der Waals surface area contributed by atoms with Crippen LogP contribution >= 0.6 is 0 Å². The van der Waals surface area contributed by atoms with E-state index in [9.17, 15) is 22.4 Å². The Morgan fingerprint density at radius 2 is 2.00 bits per heavy atom. The van der Waals surface area contributed by atoms with Crippen LogP contribution in [0.25, 0.3) is 22.3 Å². The van der Waals surface area contributed by atoms with Gasteiger partial charge in [0.25, 0.3) is 0 Å². The molecule has 0 atom stereocenters. The minimum Gasteiger partial charge on any atom is -0.296 e. The van der Waals surface area contributed by atoms with Gasteiger partial charge in [0, 0.05) is 37.9 Å². The van der Waals surface area contributed by atoms with E-state index in [-0.39, 0.29) is 11.3 Å². The highest BCUT2D eigenvalue weighted by Crippen LogP contribution is 2.36. The molecule has 0 amide bonds. The van der Waals surface area contributed by atoms with Crippen molar-refractivity contribution in [1.82, 2.24) is 19.4 Å². The molecule has 1 N–H and O–H groups in total. The number of fused-ring (bicyclic) bond motifs is 1. The number of nitrogens with one attached hydrogen (secondary N) is 1. The molecule has 0 radical (unpaired) electrons. The van der Waals surface area contributed by atoms with Crippen LogP contribution in [0.15, 0.2) is 35.3 Å². The number of benzene rings is 1. The van der Waals surface area contributed by atoms with Gasteiger partial charge in [-0.2, -0.15) is 13.2 Å². The molecule has 1 fully saturated rings. The van der Waals surface area contributed by atoms with Crippen molar-refractivity contribution in [3.63, 3.8) is 0 Å². The van der Waals surface area contributed by atoms with Crippen molar-refractivity contribution in [2.45, 2.75) is 25.8 Å². The first-order chi connectivity index (χ1) is 13.2. The molecule has 1 aromatic carbocycles. The molecule has 1 saturated heterocycles. The smallest absolute Gasteiger partial charge is 0.296 e. The summed E-state index contributed by atoms with van der Waals surface area (Å²) in [6.45, 7) is 2.98. The average Bonchev–Trinajstić information content (AvgIpc) is 2.91. The van der Waals surface area contributed by atoms with Crippen molar-refractivity contribution in [1.29, 1.82) is 0 Å². The second-order valence-corrected chi connectivity index (χ2v) is 7.01. The van der Waals surface area contributed by atoms with Crippen LogP contribution in [-0.2, 0) is 12.7 Å². The Labute approximate surface area is 157 Å². The Kier molecular flexibility index (Phi) is 4.49. The third-order valence-corrected chi connectivity index (χ3v) is 5.13. The number of aromatic nitrogens is 3. The number of imidazole rings is 1. The topological polar surface area (TPSA) is 53.9 Å². The molecule has 4 rings (SSSR count). The second-order valence-electron chi connectivity index (χ2n) is 7.01. The Morgan fingerprint density at radius 3 is 2.68 bits per heavy atom. The van der Waals surface area contributed by atoms with Gasteiger partial charge >= 0.3 is 11.9 Å². The lowest BCUT2D eigenvalue weighted by atomic mass is 9.97. The van der Waals surface area contributed by atoms with Crippen molar-refractivity contribution >= 4 is 11.2 Å². The molecule has 3 aromatic rings. The fourth-order valence-corrected chi connectivity index (χ4v) is 3.59. The number of halogens is 4. The van der Waals surface area contributed by atoms with E-state index in [1.807, 2.05) is 4.90 Å². The quantitative estimate of drug-likeness (QED) is 0.691. The molecule has 0 saturated carbocycles. The number of hydrogen-bond acceptors (Lipinski definition) is 3. The maximum atomic E-state index is 13.2. The first-order valence-corrected chi connectivity index (χ1v) is 8.86. The first kappa shape index (κ1) is 18.7. The fraction of sp³-hybridized carbons (Fsp3) is 0.368. The van der Waals surface area contributed by atoms with Crippen molar-refractivity contribution in [2.24, 2.45) is 0 Å². The largest absolute Gasteiger partial charge is 0.416 e. The normalized spacial score (nSPS) is 15.9. The fourth-order valence-electron chi connectivity index (χ4n) is 3.59. The third kappa shape index (κ3) is 3.30. The zero-order valence-electron chi connectivity index (χ0n) is 15.1.